The summed E-state index contributed by atoms with van der Waals surface area (Å²) in [5, 5.41) is 4.88. The van der Waals surface area contributed by atoms with E-state index in [4.69, 9.17) is 30.4 Å². The van der Waals surface area contributed by atoms with E-state index < -0.39 is 6.04 Å². The lowest BCUT2D eigenvalue weighted by molar-refractivity contribution is -0.403. The fourth-order valence-electron chi connectivity index (χ4n) is 3.75. The van der Waals surface area contributed by atoms with E-state index in [0.29, 0.717) is 48.1 Å². The monoisotopic (exact) mass is 529 g/mol. The molecule has 0 saturated heterocycles. The van der Waals surface area contributed by atoms with Gasteiger partial charge in [0.25, 0.3) is 5.91 Å². The average Bonchev–Trinajstić information content (AvgIpc) is 3.40. The maximum atomic E-state index is 12.8. The van der Waals surface area contributed by atoms with Gasteiger partial charge in [-0.15, -0.1) is 0 Å². The fraction of sp³-hybridized carbons (Fsp3) is 0.320. The van der Waals surface area contributed by atoms with E-state index in [-0.39, 0.29) is 11.9 Å². The third kappa shape index (κ3) is 6.60. The molecule has 1 heterocycles. The minimum absolute atomic E-state index is 0.0282. The molecule has 11 nitrogen and oxygen atoms in total. The second kappa shape index (κ2) is 12.8. The fourth-order valence-corrected chi connectivity index (χ4v) is 4.47. The zero-order valence-electron chi connectivity index (χ0n) is 21.4. The van der Waals surface area contributed by atoms with Crippen LogP contribution in [0.4, 0.5) is 5.69 Å². The van der Waals surface area contributed by atoms with Crippen LogP contribution in [0.1, 0.15) is 12.8 Å². The molecule has 0 aliphatic heterocycles. The van der Waals surface area contributed by atoms with Crippen molar-refractivity contribution in [1.29, 1.82) is 0 Å². The molecule has 1 amide bonds. The highest BCUT2D eigenvalue weighted by atomic mass is 32.1. The quantitative estimate of drug-likeness (QED) is 0.157. The number of carbonyl (C=O) groups is 1. The van der Waals surface area contributed by atoms with Gasteiger partial charge in [-0.3, -0.25) is 9.79 Å². The summed E-state index contributed by atoms with van der Waals surface area (Å²) in [6, 6.07) is 8.78. The van der Waals surface area contributed by atoms with Gasteiger partial charge in [0, 0.05) is 29.5 Å². The van der Waals surface area contributed by atoms with Crippen molar-refractivity contribution >= 4 is 29.1 Å². The number of nitrogens with two attached hydrogens (primary N) is 2. The van der Waals surface area contributed by atoms with Gasteiger partial charge in [0.15, 0.2) is 23.5 Å². The van der Waals surface area contributed by atoms with Crippen molar-refractivity contribution in [3.63, 3.8) is 0 Å². The predicted octanol–water partition coefficient (Wildman–Crippen LogP) is 2.11. The number of rotatable bonds is 12. The van der Waals surface area contributed by atoms with Gasteiger partial charge in [-0.25, -0.2) is 0 Å². The van der Waals surface area contributed by atoms with E-state index in [2.05, 4.69) is 20.4 Å². The molecule has 12 heteroatoms. The van der Waals surface area contributed by atoms with Crippen LogP contribution < -0.4 is 41.5 Å². The Morgan fingerprint density at radius 3 is 2.30 bits per heavy atom. The number of guanidine groups is 1. The number of nitrogens with one attached hydrogen (secondary N) is 1. The van der Waals surface area contributed by atoms with Crippen LogP contribution in [0, 0.1) is 0 Å². The summed E-state index contributed by atoms with van der Waals surface area (Å²) < 4.78 is 26.6. The van der Waals surface area contributed by atoms with E-state index in [1.807, 2.05) is 29.6 Å². The average molecular weight is 530 g/mol. The first kappa shape index (κ1) is 27.6. The number of hydrogen-bond donors (Lipinski definition) is 4. The van der Waals surface area contributed by atoms with Gasteiger partial charge in [-0.1, -0.05) is 6.07 Å². The summed E-state index contributed by atoms with van der Waals surface area (Å²) in [5.41, 5.74) is 18.5. The predicted molar refractivity (Wildman–Crippen MR) is 144 cm³/mol. The molecule has 8 N–H and O–H groups in total. The number of benzene rings is 2. The van der Waals surface area contributed by atoms with Gasteiger partial charge in [-0.05, 0) is 47.8 Å². The molecule has 0 bridgehead atoms. The molecule has 2 aromatic carbocycles. The molecule has 0 radical (unpaired) electrons. The van der Waals surface area contributed by atoms with Gasteiger partial charge >= 0.3 is 0 Å². The summed E-state index contributed by atoms with van der Waals surface area (Å²) in [7, 11) is 6.24. The highest BCUT2D eigenvalue weighted by Crippen LogP contribution is 2.44. The lowest BCUT2D eigenvalue weighted by Gasteiger charge is -2.15. The molecule has 1 aromatic heterocycles. The maximum Gasteiger partial charge on any atom is 0.282 e. The number of aliphatic imine (C=N–C) groups is 1. The summed E-state index contributed by atoms with van der Waals surface area (Å²) in [6.07, 6.45) is 1.17. The number of methoxy groups -OCH3 is 4. The third-order valence-corrected chi connectivity index (χ3v) is 6.28. The van der Waals surface area contributed by atoms with Gasteiger partial charge in [0.1, 0.15) is 5.75 Å². The molecule has 0 aliphatic rings. The number of hydrogen-bond acceptors (Lipinski definition) is 8. The standard InChI is InChI=1S/C25H32N6O5S/c1-33-19-8-7-14(10-18(19)30-24(32)17(26)6-5-9-29-25(27)28)16-13-37-31-22(16)15-11-20(34-2)23(36-4)21(12-15)35-3/h7-8,10-13,17H,5-6,9,26H2,1-4H3,(H,30,32)(H4,27,28,29)/p+1/t17-/m0/s1. The molecule has 0 fully saturated rings. The van der Waals surface area contributed by atoms with Gasteiger partial charge in [0.2, 0.25) is 5.75 Å². The number of aromatic nitrogens is 1. The summed E-state index contributed by atoms with van der Waals surface area (Å²) in [5.74, 6) is 1.89. The van der Waals surface area contributed by atoms with Gasteiger partial charge in [-0.2, -0.15) is 4.37 Å². The van der Waals surface area contributed by atoms with Crippen LogP contribution in [0.2, 0.25) is 0 Å². The third-order valence-electron chi connectivity index (χ3n) is 5.65. The molecule has 37 heavy (non-hydrogen) atoms. The van der Waals surface area contributed by atoms with Crippen LogP contribution >= 0.6 is 11.5 Å². The molecule has 0 saturated carbocycles. The lowest BCUT2D eigenvalue weighted by Crippen LogP contribution is -2.66. The number of anilines is 1. The molecular formula is C25H33N6O5S+. The van der Waals surface area contributed by atoms with Crippen molar-refractivity contribution in [1.82, 2.24) is 4.37 Å². The maximum absolute atomic E-state index is 12.8. The Balaban J connectivity index is 1.90. The zero-order chi connectivity index (χ0) is 26.9. The second-order valence-electron chi connectivity index (χ2n) is 8.04. The minimum Gasteiger partial charge on any atom is -0.495 e. The van der Waals surface area contributed by atoms with Crippen molar-refractivity contribution < 1.29 is 29.5 Å². The number of ether oxygens (including phenoxy) is 4. The number of carbonyl (C=O) groups excluding carboxylic acids is 1. The van der Waals surface area contributed by atoms with Crippen LogP contribution in [0.5, 0.6) is 23.0 Å². The van der Waals surface area contributed by atoms with Crippen LogP contribution in [-0.2, 0) is 4.79 Å². The molecule has 1 atom stereocenters. The SMILES string of the molecule is COc1ccc(-c2csnc2-c2cc(OC)c(OC)c(OC)c2)cc1NC(=O)[C@@H]([NH3+])CCCN=C(N)N. The van der Waals surface area contributed by atoms with Crippen LogP contribution in [0.25, 0.3) is 22.4 Å². The van der Waals surface area contributed by atoms with E-state index in [0.717, 1.165) is 22.4 Å². The first-order chi connectivity index (χ1) is 17.8. The molecule has 0 aliphatic carbocycles. The Morgan fingerprint density at radius 1 is 1.03 bits per heavy atom. The Morgan fingerprint density at radius 2 is 1.70 bits per heavy atom. The Labute approximate surface area is 219 Å². The lowest BCUT2D eigenvalue weighted by atomic mass is 10.0. The Kier molecular flexibility index (Phi) is 9.52. The number of amides is 1. The number of nitrogens with zero attached hydrogens (tertiary/aromatic N) is 2. The Bertz CT molecular complexity index is 1230. The first-order valence-electron chi connectivity index (χ1n) is 11.4. The first-order valence-corrected chi connectivity index (χ1v) is 12.3. The number of quaternary nitrogens is 1. The Hall–Kier alpha value is -4.03. The minimum atomic E-state index is -0.486. The normalized spacial score (nSPS) is 11.4. The topological polar surface area (TPSA) is 171 Å². The van der Waals surface area contributed by atoms with Crippen molar-refractivity contribution in [2.75, 3.05) is 40.3 Å². The van der Waals surface area contributed by atoms with E-state index in [1.54, 1.807) is 34.5 Å². The summed E-state index contributed by atoms with van der Waals surface area (Å²) in [6.45, 7) is 0.440. The molecule has 0 spiro atoms. The van der Waals surface area contributed by atoms with Crippen molar-refractivity contribution in [2.24, 2.45) is 16.5 Å². The van der Waals surface area contributed by atoms with Crippen LogP contribution in [0.15, 0.2) is 40.7 Å². The van der Waals surface area contributed by atoms with Gasteiger partial charge < -0.3 is 41.5 Å². The van der Waals surface area contributed by atoms with E-state index >= 15 is 0 Å². The molecular weight excluding hydrogens is 496 g/mol. The van der Waals surface area contributed by atoms with Crippen molar-refractivity contribution in [3.05, 3.63) is 35.7 Å². The molecule has 3 aromatic rings. The largest absolute Gasteiger partial charge is 0.495 e. The zero-order valence-corrected chi connectivity index (χ0v) is 22.2. The summed E-state index contributed by atoms with van der Waals surface area (Å²) in [4.78, 5) is 16.8. The second-order valence-corrected chi connectivity index (χ2v) is 8.67. The highest BCUT2D eigenvalue weighted by molar-refractivity contribution is 7.04. The highest BCUT2D eigenvalue weighted by Gasteiger charge is 2.21. The van der Waals surface area contributed by atoms with Gasteiger partial charge in [0.05, 0.1) is 39.8 Å². The summed E-state index contributed by atoms with van der Waals surface area (Å²) >= 11 is 1.32. The molecule has 198 valence electrons. The molecule has 0 unspecified atom stereocenters. The van der Waals surface area contributed by atoms with Crippen molar-refractivity contribution in [3.8, 4) is 45.4 Å². The van der Waals surface area contributed by atoms with Crippen molar-refractivity contribution in [2.45, 2.75) is 18.9 Å². The van der Waals surface area contributed by atoms with E-state index in [9.17, 15) is 4.79 Å². The van der Waals surface area contributed by atoms with E-state index in [1.165, 1.54) is 11.5 Å². The smallest absolute Gasteiger partial charge is 0.282 e. The van der Waals surface area contributed by atoms with Crippen LogP contribution in [0.3, 0.4) is 0 Å². The molecule has 3 rings (SSSR count). The van der Waals surface area contributed by atoms with Crippen LogP contribution in [-0.4, -0.2) is 57.3 Å².